The van der Waals surface area contributed by atoms with E-state index in [2.05, 4.69) is 31.2 Å². The normalized spacial score (nSPS) is 11.0. The van der Waals surface area contributed by atoms with E-state index in [1.165, 1.54) is 0 Å². The number of fused-ring (bicyclic) bond motifs is 1. The van der Waals surface area contributed by atoms with Crippen LogP contribution in [-0.4, -0.2) is 34.7 Å². The van der Waals surface area contributed by atoms with E-state index in [1.807, 2.05) is 61.1 Å². The summed E-state index contributed by atoms with van der Waals surface area (Å²) in [6, 6.07) is 22.4. The maximum atomic E-state index is 12.8. The van der Waals surface area contributed by atoms with Crippen LogP contribution in [0.4, 0.5) is 0 Å². The summed E-state index contributed by atoms with van der Waals surface area (Å²) >= 11 is 0. The number of hydrogen-bond acceptors (Lipinski definition) is 3. The summed E-state index contributed by atoms with van der Waals surface area (Å²) in [6.45, 7) is 4.67. The van der Waals surface area contributed by atoms with Crippen LogP contribution in [0.3, 0.4) is 0 Å². The van der Waals surface area contributed by atoms with E-state index in [9.17, 15) is 4.79 Å². The lowest BCUT2D eigenvalue weighted by Gasteiger charge is -2.18. The molecule has 0 bridgehead atoms. The van der Waals surface area contributed by atoms with E-state index < -0.39 is 0 Å². The Morgan fingerprint density at radius 1 is 1.00 bits per heavy atom. The maximum absolute atomic E-state index is 12.8. The van der Waals surface area contributed by atoms with Crippen molar-refractivity contribution < 1.29 is 9.53 Å². The average Bonchev–Trinajstić information content (AvgIpc) is 3.10. The third kappa shape index (κ3) is 4.52. The molecule has 0 radical (unpaired) electrons. The fraction of sp³-hybridized carbons (Fsp3) is 0.259. The van der Waals surface area contributed by atoms with Crippen molar-refractivity contribution in [3.05, 3.63) is 89.2 Å². The molecule has 0 aliphatic heterocycles. The molecule has 5 nitrogen and oxygen atoms in total. The van der Waals surface area contributed by atoms with Crippen molar-refractivity contribution >= 4 is 16.7 Å². The van der Waals surface area contributed by atoms with Crippen molar-refractivity contribution in [2.24, 2.45) is 0 Å². The lowest BCUT2D eigenvalue weighted by atomic mass is 10.1. The molecule has 32 heavy (non-hydrogen) atoms. The van der Waals surface area contributed by atoms with Crippen molar-refractivity contribution in [1.29, 1.82) is 0 Å². The number of methoxy groups -OCH3 is 1. The van der Waals surface area contributed by atoms with E-state index in [1.54, 1.807) is 12.0 Å². The standard InChI is InChI=1S/C27H29N3O2/c1-19-26(20(2)30(28-19)24-8-6-5-7-9-24)14-15-27(31)29(3)18-21-10-11-23-17-25(32-4)13-12-22(23)16-21/h5-13,16-17H,14-15,18H2,1-4H3. The molecule has 0 fully saturated rings. The van der Waals surface area contributed by atoms with Gasteiger partial charge in [-0.25, -0.2) is 4.68 Å². The Labute approximate surface area is 189 Å². The van der Waals surface area contributed by atoms with Gasteiger partial charge in [0, 0.05) is 25.7 Å². The Morgan fingerprint density at radius 3 is 2.47 bits per heavy atom. The average molecular weight is 428 g/mol. The van der Waals surface area contributed by atoms with Crippen LogP contribution in [0.2, 0.25) is 0 Å². The number of ether oxygens (including phenoxy) is 1. The second-order valence-corrected chi connectivity index (χ2v) is 8.19. The number of benzene rings is 3. The zero-order valence-corrected chi connectivity index (χ0v) is 19.1. The van der Waals surface area contributed by atoms with Crippen molar-refractivity contribution in [2.45, 2.75) is 33.2 Å². The van der Waals surface area contributed by atoms with Crippen LogP contribution in [0.15, 0.2) is 66.7 Å². The smallest absolute Gasteiger partial charge is 0.222 e. The summed E-state index contributed by atoms with van der Waals surface area (Å²) in [5.41, 5.74) is 5.37. The number of rotatable bonds is 7. The highest BCUT2D eigenvalue weighted by Crippen LogP contribution is 2.23. The Hall–Kier alpha value is -3.60. The van der Waals surface area contributed by atoms with Gasteiger partial charge in [-0.1, -0.05) is 36.4 Å². The number of nitrogens with zero attached hydrogens (tertiary/aromatic N) is 3. The Balaban J connectivity index is 1.41. The molecule has 0 unspecified atom stereocenters. The largest absolute Gasteiger partial charge is 0.497 e. The quantitative estimate of drug-likeness (QED) is 0.405. The van der Waals surface area contributed by atoms with E-state index in [-0.39, 0.29) is 5.91 Å². The third-order valence-electron chi connectivity index (χ3n) is 5.99. The summed E-state index contributed by atoms with van der Waals surface area (Å²) < 4.78 is 7.26. The Kier molecular flexibility index (Phi) is 6.26. The SMILES string of the molecule is COc1ccc2cc(CN(C)C(=O)CCc3c(C)nn(-c4ccccc4)c3C)ccc2c1. The maximum Gasteiger partial charge on any atom is 0.222 e. The Morgan fingerprint density at radius 2 is 1.72 bits per heavy atom. The van der Waals surface area contributed by atoms with Gasteiger partial charge >= 0.3 is 0 Å². The van der Waals surface area contributed by atoms with Gasteiger partial charge in [-0.15, -0.1) is 0 Å². The van der Waals surface area contributed by atoms with Gasteiger partial charge in [-0.2, -0.15) is 5.10 Å². The van der Waals surface area contributed by atoms with E-state index >= 15 is 0 Å². The van der Waals surface area contributed by atoms with E-state index in [4.69, 9.17) is 9.84 Å². The van der Waals surface area contributed by atoms with Gasteiger partial charge in [0.15, 0.2) is 0 Å². The lowest BCUT2D eigenvalue weighted by Crippen LogP contribution is -2.26. The van der Waals surface area contributed by atoms with Crippen molar-refractivity contribution in [1.82, 2.24) is 14.7 Å². The molecule has 4 rings (SSSR count). The number of para-hydroxylation sites is 1. The zero-order chi connectivity index (χ0) is 22.7. The first-order valence-corrected chi connectivity index (χ1v) is 10.9. The van der Waals surface area contributed by atoms with Gasteiger partial charge < -0.3 is 9.64 Å². The van der Waals surface area contributed by atoms with Crippen LogP contribution < -0.4 is 4.74 Å². The van der Waals surface area contributed by atoms with Crippen molar-refractivity contribution in [2.75, 3.05) is 14.2 Å². The highest BCUT2D eigenvalue weighted by atomic mass is 16.5. The molecule has 0 aliphatic rings. The van der Waals surface area contributed by atoms with E-state index in [0.717, 1.165) is 44.7 Å². The summed E-state index contributed by atoms with van der Waals surface area (Å²) in [5.74, 6) is 0.977. The van der Waals surface area contributed by atoms with Gasteiger partial charge in [0.05, 0.1) is 18.5 Å². The van der Waals surface area contributed by atoms with Crippen molar-refractivity contribution in [3.63, 3.8) is 0 Å². The minimum atomic E-state index is 0.131. The first kappa shape index (κ1) is 21.6. The first-order valence-electron chi connectivity index (χ1n) is 10.9. The predicted octanol–water partition coefficient (Wildman–Crippen LogP) is 5.24. The summed E-state index contributed by atoms with van der Waals surface area (Å²) in [4.78, 5) is 14.7. The molecule has 5 heteroatoms. The molecular formula is C27H29N3O2. The van der Waals surface area contributed by atoms with Gasteiger partial charge in [-0.3, -0.25) is 4.79 Å². The molecular weight excluding hydrogens is 398 g/mol. The van der Waals surface area contributed by atoms with Gasteiger partial charge in [0.2, 0.25) is 5.91 Å². The first-order chi connectivity index (χ1) is 15.5. The van der Waals surface area contributed by atoms with Crippen LogP contribution in [-0.2, 0) is 17.8 Å². The third-order valence-corrected chi connectivity index (χ3v) is 5.99. The second kappa shape index (κ2) is 9.27. The molecule has 1 aromatic heterocycles. The molecule has 0 atom stereocenters. The van der Waals surface area contributed by atoms with Gasteiger partial charge in [-0.05, 0) is 72.5 Å². The zero-order valence-electron chi connectivity index (χ0n) is 19.1. The molecule has 0 saturated carbocycles. The number of amides is 1. The topological polar surface area (TPSA) is 47.4 Å². The number of carbonyl (C=O) groups is 1. The minimum absolute atomic E-state index is 0.131. The van der Waals surface area contributed by atoms with Crippen molar-refractivity contribution in [3.8, 4) is 11.4 Å². The highest BCUT2D eigenvalue weighted by molar-refractivity contribution is 5.84. The number of aromatic nitrogens is 2. The molecule has 0 N–H and O–H groups in total. The molecule has 0 spiro atoms. The summed E-state index contributed by atoms with van der Waals surface area (Å²) in [7, 11) is 3.54. The molecule has 164 valence electrons. The van der Waals surface area contributed by atoms with Crippen LogP contribution in [0, 0.1) is 13.8 Å². The van der Waals surface area contributed by atoms with Crippen LogP contribution in [0.5, 0.6) is 5.75 Å². The van der Waals surface area contributed by atoms with E-state index in [0.29, 0.717) is 19.4 Å². The monoisotopic (exact) mass is 427 g/mol. The summed E-state index contributed by atoms with van der Waals surface area (Å²) in [6.07, 6.45) is 1.15. The second-order valence-electron chi connectivity index (χ2n) is 8.19. The molecule has 1 amide bonds. The molecule has 0 saturated heterocycles. The number of hydrogen-bond donors (Lipinski definition) is 0. The lowest BCUT2D eigenvalue weighted by molar-refractivity contribution is -0.130. The highest BCUT2D eigenvalue weighted by Gasteiger charge is 2.16. The van der Waals surface area contributed by atoms with Gasteiger partial charge in [0.25, 0.3) is 0 Å². The van der Waals surface area contributed by atoms with Crippen LogP contribution in [0.1, 0.15) is 28.9 Å². The fourth-order valence-corrected chi connectivity index (χ4v) is 4.14. The number of aryl methyl sites for hydroxylation is 1. The van der Waals surface area contributed by atoms with Crippen LogP contribution in [0.25, 0.3) is 16.5 Å². The van der Waals surface area contributed by atoms with Gasteiger partial charge in [0.1, 0.15) is 5.75 Å². The van der Waals surface area contributed by atoms with Crippen LogP contribution >= 0.6 is 0 Å². The molecule has 3 aromatic carbocycles. The summed E-state index contributed by atoms with van der Waals surface area (Å²) in [5, 5.41) is 6.97. The Bertz CT molecular complexity index is 1240. The molecule has 1 heterocycles. The number of carbonyl (C=O) groups excluding carboxylic acids is 1. The minimum Gasteiger partial charge on any atom is -0.497 e. The fourth-order valence-electron chi connectivity index (χ4n) is 4.14. The molecule has 0 aliphatic carbocycles. The predicted molar refractivity (Wildman–Crippen MR) is 128 cm³/mol. The molecule has 4 aromatic rings.